The van der Waals surface area contributed by atoms with E-state index in [9.17, 15) is 24.3 Å². The Kier molecular flexibility index (Phi) is 2.51. The number of pyridine rings is 1. The Morgan fingerprint density at radius 1 is 1.15 bits per heavy atom. The van der Waals surface area contributed by atoms with E-state index in [1.54, 1.807) is 0 Å². The number of carbonyl (C=O) groups excluding carboxylic acids is 4. The summed E-state index contributed by atoms with van der Waals surface area (Å²) in [7, 11) is 0. The Labute approximate surface area is 111 Å². The van der Waals surface area contributed by atoms with E-state index in [1.165, 1.54) is 18.5 Å². The van der Waals surface area contributed by atoms with E-state index in [-0.39, 0.29) is 11.1 Å². The number of aromatic nitrogens is 1. The van der Waals surface area contributed by atoms with E-state index in [2.05, 4.69) is 4.98 Å². The number of nitrogens with one attached hydrogen (secondary N) is 2. The fourth-order valence-corrected chi connectivity index (χ4v) is 2.19. The summed E-state index contributed by atoms with van der Waals surface area (Å²) < 4.78 is 0. The van der Waals surface area contributed by atoms with Crippen molar-refractivity contribution in [3.63, 3.8) is 0 Å². The molecule has 0 aliphatic carbocycles. The van der Waals surface area contributed by atoms with Gasteiger partial charge in [-0.2, -0.15) is 0 Å². The Balaban J connectivity index is 2.00. The maximum Gasteiger partial charge on any atom is 0.323 e. The van der Waals surface area contributed by atoms with Crippen molar-refractivity contribution < 1.29 is 24.3 Å². The zero-order chi connectivity index (χ0) is 14.4. The first-order valence-corrected chi connectivity index (χ1v) is 5.62. The molecule has 0 aromatic carbocycles. The normalized spacial score (nSPS) is 25.4. The number of imide groups is 2. The van der Waals surface area contributed by atoms with Gasteiger partial charge < -0.3 is 10.4 Å². The summed E-state index contributed by atoms with van der Waals surface area (Å²) in [6.07, 6.45) is 0.889. The van der Waals surface area contributed by atoms with Gasteiger partial charge in [0, 0.05) is 12.4 Å². The van der Waals surface area contributed by atoms with E-state index in [0.29, 0.717) is 4.90 Å². The van der Waals surface area contributed by atoms with E-state index in [1.807, 2.05) is 10.6 Å². The molecule has 20 heavy (non-hydrogen) atoms. The van der Waals surface area contributed by atoms with Gasteiger partial charge in [0.1, 0.15) is 0 Å². The second kappa shape index (κ2) is 4.10. The number of amides is 5. The van der Waals surface area contributed by atoms with Gasteiger partial charge in [-0.3, -0.25) is 29.6 Å². The summed E-state index contributed by atoms with van der Waals surface area (Å²) in [5.74, 6) is -2.39. The van der Waals surface area contributed by atoms with Crippen LogP contribution in [0.25, 0.3) is 0 Å². The molecule has 1 aromatic heterocycles. The van der Waals surface area contributed by atoms with Gasteiger partial charge in [-0.15, -0.1) is 0 Å². The van der Waals surface area contributed by atoms with Crippen LogP contribution in [-0.2, 0) is 4.79 Å². The highest BCUT2D eigenvalue weighted by molar-refractivity contribution is 6.23. The SMILES string of the molecule is O=C1NC(=O)C(N2C(=O)c3ccncc3C2=O)C(O)N1. The van der Waals surface area contributed by atoms with Gasteiger partial charge >= 0.3 is 6.03 Å². The van der Waals surface area contributed by atoms with Crippen molar-refractivity contribution in [1.29, 1.82) is 0 Å². The fraction of sp³-hybridized carbons (Fsp3) is 0.182. The number of rotatable bonds is 1. The first-order valence-electron chi connectivity index (χ1n) is 5.62. The number of fused-ring (bicyclic) bond motifs is 1. The van der Waals surface area contributed by atoms with Gasteiger partial charge in [0.2, 0.25) is 0 Å². The minimum Gasteiger partial charge on any atom is -0.371 e. The molecule has 0 bridgehead atoms. The van der Waals surface area contributed by atoms with Crippen LogP contribution in [-0.4, -0.2) is 51.0 Å². The summed E-state index contributed by atoms with van der Waals surface area (Å²) in [6, 6.07) is -1.06. The van der Waals surface area contributed by atoms with E-state index >= 15 is 0 Å². The van der Waals surface area contributed by atoms with Crippen LogP contribution in [0.4, 0.5) is 4.79 Å². The minimum absolute atomic E-state index is 0.0504. The van der Waals surface area contributed by atoms with Crippen LogP contribution >= 0.6 is 0 Å². The first-order chi connectivity index (χ1) is 9.50. The molecule has 1 fully saturated rings. The third kappa shape index (κ3) is 1.57. The van der Waals surface area contributed by atoms with Crippen molar-refractivity contribution in [3.05, 3.63) is 29.6 Å². The molecule has 1 saturated heterocycles. The van der Waals surface area contributed by atoms with Crippen molar-refractivity contribution in [2.75, 3.05) is 0 Å². The maximum atomic E-state index is 12.2. The lowest BCUT2D eigenvalue weighted by molar-refractivity contribution is -0.129. The molecule has 2 aliphatic heterocycles. The van der Waals surface area contributed by atoms with Gasteiger partial charge in [0.25, 0.3) is 17.7 Å². The number of hydrogen-bond acceptors (Lipinski definition) is 6. The number of aliphatic hydroxyl groups excluding tert-OH is 1. The van der Waals surface area contributed by atoms with Crippen LogP contribution in [0.3, 0.4) is 0 Å². The summed E-state index contributed by atoms with van der Waals surface area (Å²) in [5.41, 5.74) is 0.149. The fourth-order valence-electron chi connectivity index (χ4n) is 2.19. The van der Waals surface area contributed by atoms with Crippen molar-refractivity contribution in [3.8, 4) is 0 Å². The average Bonchev–Trinajstić information content (AvgIpc) is 2.64. The minimum atomic E-state index is -1.66. The lowest BCUT2D eigenvalue weighted by Crippen LogP contribution is -2.67. The Morgan fingerprint density at radius 2 is 1.85 bits per heavy atom. The molecular formula is C11H8N4O5. The van der Waals surface area contributed by atoms with Gasteiger partial charge in [0.05, 0.1) is 11.1 Å². The Morgan fingerprint density at radius 3 is 2.50 bits per heavy atom. The first kappa shape index (κ1) is 12.2. The molecule has 2 aliphatic rings. The number of carbonyl (C=O) groups is 4. The lowest BCUT2D eigenvalue weighted by atomic mass is 10.1. The van der Waals surface area contributed by atoms with E-state index < -0.39 is 36.0 Å². The molecule has 5 amide bonds. The number of hydrogen-bond donors (Lipinski definition) is 3. The van der Waals surface area contributed by atoms with Crippen LogP contribution in [0.15, 0.2) is 18.5 Å². The molecule has 2 unspecified atom stereocenters. The predicted molar refractivity (Wildman–Crippen MR) is 61.2 cm³/mol. The van der Waals surface area contributed by atoms with E-state index in [4.69, 9.17) is 0 Å². The summed E-state index contributed by atoms with van der Waals surface area (Å²) >= 11 is 0. The summed E-state index contributed by atoms with van der Waals surface area (Å²) in [6.45, 7) is 0. The van der Waals surface area contributed by atoms with Crippen LogP contribution in [0.2, 0.25) is 0 Å². The summed E-state index contributed by atoms with van der Waals surface area (Å²) in [4.78, 5) is 51.4. The Bertz CT molecular complexity index is 623. The van der Waals surface area contributed by atoms with Crippen molar-refractivity contribution in [1.82, 2.24) is 20.5 Å². The third-order valence-electron chi connectivity index (χ3n) is 3.08. The molecule has 3 heterocycles. The van der Waals surface area contributed by atoms with Crippen LogP contribution in [0, 0.1) is 0 Å². The predicted octanol–water partition coefficient (Wildman–Crippen LogP) is -1.80. The molecule has 3 rings (SSSR count). The Hall–Kier alpha value is -2.81. The smallest absolute Gasteiger partial charge is 0.323 e. The monoisotopic (exact) mass is 276 g/mol. The standard InChI is InChI=1S/C11H8N4O5/c16-7-6(8(17)14-11(20)13-7)15-9(18)4-1-2-12-3-5(4)10(15)19/h1-3,6-7,16H,(H2,13,14,17,20). The van der Waals surface area contributed by atoms with Gasteiger partial charge in [0.15, 0.2) is 12.3 Å². The summed E-state index contributed by atoms with van der Waals surface area (Å²) in [5, 5.41) is 13.7. The van der Waals surface area contributed by atoms with Crippen LogP contribution < -0.4 is 10.6 Å². The number of urea groups is 1. The largest absolute Gasteiger partial charge is 0.371 e. The second-order valence-corrected chi connectivity index (χ2v) is 4.25. The molecule has 1 aromatic rings. The van der Waals surface area contributed by atoms with Crippen molar-refractivity contribution in [2.45, 2.75) is 12.3 Å². The quantitative estimate of drug-likeness (QED) is 0.519. The van der Waals surface area contributed by atoms with Gasteiger partial charge in [-0.25, -0.2) is 4.79 Å². The molecule has 3 N–H and O–H groups in total. The molecule has 0 radical (unpaired) electrons. The molecular weight excluding hydrogens is 268 g/mol. The van der Waals surface area contributed by atoms with Crippen molar-refractivity contribution in [2.24, 2.45) is 0 Å². The molecule has 9 heteroatoms. The maximum absolute atomic E-state index is 12.2. The van der Waals surface area contributed by atoms with Crippen molar-refractivity contribution >= 4 is 23.8 Å². The second-order valence-electron chi connectivity index (χ2n) is 4.25. The highest BCUT2D eigenvalue weighted by Gasteiger charge is 2.48. The lowest BCUT2D eigenvalue weighted by Gasteiger charge is -2.32. The van der Waals surface area contributed by atoms with Crippen LogP contribution in [0.1, 0.15) is 20.7 Å². The highest BCUT2D eigenvalue weighted by atomic mass is 16.3. The van der Waals surface area contributed by atoms with Gasteiger partial charge in [-0.1, -0.05) is 0 Å². The van der Waals surface area contributed by atoms with Crippen LogP contribution in [0.5, 0.6) is 0 Å². The topological polar surface area (TPSA) is 129 Å². The average molecular weight is 276 g/mol. The highest BCUT2D eigenvalue weighted by Crippen LogP contribution is 2.25. The number of nitrogens with zero attached hydrogens (tertiary/aromatic N) is 2. The van der Waals surface area contributed by atoms with E-state index in [0.717, 1.165) is 0 Å². The molecule has 0 saturated carbocycles. The molecule has 2 atom stereocenters. The molecule has 102 valence electrons. The third-order valence-corrected chi connectivity index (χ3v) is 3.08. The zero-order valence-corrected chi connectivity index (χ0v) is 9.86. The molecule has 9 nitrogen and oxygen atoms in total. The zero-order valence-electron chi connectivity index (χ0n) is 9.86. The number of aliphatic hydroxyl groups is 1. The van der Waals surface area contributed by atoms with Gasteiger partial charge in [-0.05, 0) is 6.07 Å². The molecule has 0 spiro atoms.